The molecule has 0 spiro atoms. The van der Waals surface area contributed by atoms with Crippen LogP contribution in [0, 0.1) is 0 Å². The fourth-order valence-electron chi connectivity index (χ4n) is 1.88. The van der Waals surface area contributed by atoms with Gasteiger partial charge in [-0.25, -0.2) is 0 Å². The number of carbonyl (C=O) groups is 1. The molecule has 21 heavy (non-hydrogen) atoms. The summed E-state index contributed by atoms with van der Waals surface area (Å²) in [6.45, 7) is 4.56. The highest BCUT2D eigenvalue weighted by Crippen LogP contribution is 2.25. The van der Waals surface area contributed by atoms with E-state index in [1.54, 1.807) is 29.2 Å². The van der Waals surface area contributed by atoms with E-state index >= 15 is 0 Å². The topological polar surface area (TPSA) is 46.3 Å². The van der Waals surface area contributed by atoms with E-state index in [9.17, 15) is 4.79 Å². The number of halogens is 2. The summed E-state index contributed by atoms with van der Waals surface area (Å²) in [5.41, 5.74) is 6.67. The highest BCUT2D eigenvalue weighted by molar-refractivity contribution is 7.16. The van der Waals surface area contributed by atoms with Crippen molar-refractivity contribution < 1.29 is 4.79 Å². The Balaban J connectivity index is 2.26. The Kier molecular flexibility index (Phi) is 5.28. The van der Waals surface area contributed by atoms with Crippen LogP contribution in [0.1, 0.15) is 15.2 Å². The molecular formula is C15H14Cl2N2OS. The van der Waals surface area contributed by atoms with Gasteiger partial charge in [-0.15, -0.1) is 17.9 Å². The number of anilines is 1. The van der Waals surface area contributed by atoms with Crippen LogP contribution in [0.25, 0.3) is 0 Å². The lowest BCUT2D eigenvalue weighted by atomic mass is 10.1. The lowest BCUT2D eigenvalue weighted by Crippen LogP contribution is -2.31. The largest absolute Gasteiger partial charge is 0.398 e. The van der Waals surface area contributed by atoms with Crippen molar-refractivity contribution in [3.8, 4) is 0 Å². The summed E-state index contributed by atoms with van der Waals surface area (Å²) in [6.07, 6.45) is 1.67. The van der Waals surface area contributed by atoms with Crippen molar-refractivity contribution in [1.29, 1.82) is 0 Å². The molecule has 110 valence electrons. The Morgan fingerprint density at radius 2 is 2.10 bits per heavy atom. The minimum Gasteiger partial charge on any atom is -0.398 e. The Bertz CT molecular complexity index is 669. The first kappa shape index (κ1) is 15.9. The number of thiophene rings is 1. The molecule has 0 bridgehead atoms. The lowest BCUT2D eigenvalue weighted by Gasteiger charge is -2.21. The van der Waals surface area contributed by atoms with Crippen LogP contribution < -0.4 is 5.73 Å². The number of hydrogen-bond donors (Lipinski definition) is 1. The zero-order chi connectivity index (χ0) is 15.4. The molecular weight excluding hydrogens is 327 g/mol. The van der Waals surface area contributed by atoms with E-state index in [0.29, 0.717) is 33.7 Å². The van der Waals surface area contributed by atoms with E-state index in [1.807, 2.05) is 12.1 Å². The molecule has 0 saturated carbocycles. The Hall–Kier alpha value is -1.49. The van der Waals surface area contributed by atoms with Gasteiger partial charge in [0.05, 0.1) is 16.4 Å². The van der Waals surface area contributed by atoms with Gasteiger partial charge in [-0.3, -0.25) is 4.79 Å². The zero-order valence-corrected chi connectivity index (χ0v) is 13.5. The molecule has 0 aliphatic carbocycles. The number of nitrogens with two attached hydrogens (primary N) is 1. The molecule has 2 N–H and O–H groups in total. The van der Waals surface area contributed by atoms with Crippen LogP contribution in [0.2, 0.25) is 9.36 Å². The van der Waals surface area contributed by atoms with Crippen molar-refractivity contribution in [3.05, 3.63) is 62.8 Å². The van der Waals surface area contributed by atoms with Crippen molar-refractivity contribution in [3.63, 3.8) is 0 Å². The van der Waals surface area contributed by atoms with Crippen molar-refractivity contribution in [2.24, 2.45) is 0 Å². The Morgan fingerprint density at radius 3 is 2.71 bits per heavy atom. The van der Waals surface area contributed by atoms with E-state index in [0.717, 1.165) is 4.88 Å². The molecule has 0 saturated heterocycles. The molecule has 1 aromatic carbocycles. The first-order valence-corrected chi connectivity index (χ1v) is 7.78. The summed E-state index contributed by atoms with van der Waals surface area (Å²) in [5.74, 6) is -0.181. The number of rotatable bonds is 5. The third kappa shape index (κ3) is 4.00. The molecule has 0 aliphatic rings. The minimum atomic E-state index is -0.181. The highest BCUT2D eigenvalue weighted by Gasteiger charge is 2.18. The zero-order valence-electron chi connectivity index (χ0n) is 11.2. The Morgan fingerprint density at radius 1 is 1.33 bits per heavy atom. The summed E-state index contributed by atoms with van der Waals surface area (Å²) >= 11 is 13.3. The van der Waals surface area contributed by atoms with E-state index in [1.165, 1.54) is 11.3 Å². The molecule has 1 heterocycles. The number of benzene rings is 1. The van der Waals surface area contributed by atoms with Gasteiger partial charge in [-0.2, -0.15) is 0 Å². The van der Waals surface area contributed by atoms with Crippen LogP contribution in [0.4, 0.5) is 5.69 Å². The van der Waals surface area contributed by atoms with Crippen molar-refractivity contribution in [2.75, 3.05) is 12.3 Å². The van der Waals surface area contributed by atoms with Gasteiger partial charge < -0.3 is 10.6 Å². The summed E-state index contributed by atoms with van der Waals surface area (Å²) < 4.78 is 0.693. The second-order valence-corrected chi connectivity index (χ2v) is 6.65. The number of amides is 1. The Labute approximate surface area is 137 Å². The molecule has 2 rings (SSSR count). The molecule has 1 aromatic heterocycles. The fourth-order valence-corrected chi connectivity index (χ4v) is 3.16. The van der Waals surface area contributed by atoms with Crippen molar-refractivity contribution >= 4 is 46.1 Å². The standard InChI is InChI=1S/C15H14Cl2N2OS/c1-2-7-19(9-11-4-6-14(17)21-11)15(20)12-8-10(16)3-5-13(12)18/h2-6,8H,1,7,9,18H2. The minimum absolute atomic E-state index is 0.181. The van der Waals surface area contributed by atoms with Crippen molar-refractivity contribution in [1.82, 2.24) is 4.90 Å². The molecule has 0 atom stereocenters. The molecule has 6 heteroatoms. The van der Waals surface area contributed by atoms with Crippen LogP contribution in [-0.2, 0) is 6.54 Å². The van der Waals surface area contributed by atoms with Crippen LogP contribution in [0.3, 0.4) is 0 Å². The number of hydrogen-bond acceptors (Lipinski definition) is 3. The maximum absolute atomic E-state index is 12.6. The van der Waals surface area contributed by atoms with Gasteiger partial charge in [0, 0.05) is 22.1 Å². The molecule has 0 aliphatic heterocycles. The fraction of sp³-hybridized carbons (Fsp3) is 0.133. The molecule has 1 amide bonds. The maximum Gasteiger partial charge on any atom is 0.256 e. The van der Waals surface area contributed by atoms with E-state index < -0.39 is 0 Å². The molecule has 2 aromatic rings. The number of nitrogens with zero attached hydrogens (tertiary/aromatic N) is 1. The van der Waals surface area contributed by atoms with Gasteiger partial charge in [0.15, 0.2) is 0 Å². The predicted molar refractivity (Wildman–Crippen MR) is 90.1 cm³/mol. The SMILES string of the molecule is C=CCN(Cc1ccc(Cl)s1)C(=O)c1cc(Cl)ccc1N. The normalized spacial score (nSPS) is 10.4. The van der Waals surface area contributed by atoms with Gasteiger partial charge in [0.1, 0.15) is 0 Å². The third-order valence-electron chi connectivity index (χ3n) is 2.86. The predicted octanol–water partition coefficient (Wildman–Crippen LogP) is 4.47. The summed E-state index contributed by atoms with van der Waals surface area (Å²) in [5, 5.41) is 0.477. The quantitative estimate of drug-likeness (QED) is 0.644. The molecule has 0 radical (unpaired) electrons. The summed E-state index contributed by atoms with van der Waals surface area (Å²) in [6, 6.07) is 8.58. The average molecular weight is 341 g/mol. The lowest BCUT2D eigenvalue weighted by molar-refractivity contribution is 0.0765. The number of carbonyl (C=O) groups excluding carboxylic acids is 1. The third-order valence-corrected chi connectivity index (χ3v) is 4.31. The van der Waals surface area contributed by atoms with E-state index in [-0.39, 0.29) is 5.91 Å². The van der Waals surface area contributed by atoms with Gasteiger partial charge in [-0.05, 0) is 30.3 Å². The van der Waals surface area contributed by atoms with Gasteiger partial charge in [0.25, 0.3) is 5.91 Å². The molecule has 0 unspecified atom stereocenters. The first-order valence-electron chi connectivity index (χ1n) is 6.20. The van der Waals surface area contributed by atoms with Crippen LogP contribution in [-0.4, -0.2) is 17.4 Å². The van der Waals surface area contributed by atoms with E-state index in [4.69, 9.17) is 28.9 Å². The maximum atomic E-state index is 12.6. The van der Waals surface area contributed by atoms with E-state index in [2.05, 4.69) is 6.58 Å². The van der Waals surface area contributed by atoms with Crippen LogP contribution >= 0.6 is 34.5 Å². The van der Waals surface area contributed by atoms with Crippen LogP contribution in [0.15, 0.2) is 43.0 Å². The average Bonchev–Trinajstić information content (AvgIpc) is 2.86. The van der Waals surface area contributed by atoms with Gasteiger partial charge in [-0.1, -0.05) is 29.3 Å². The summed E-state index contributed by atoms with van der Waals surface area (Å²) in [7, 11) is 0. The van der Waals surface area contributed by atoms with Crippen LogP contribution in [0.5, 0.6) is 0 Å². The van der Waals surface area contributed by atoms with Crippen molar-refractivity contribution in [2.45, 2.75) is 6.54 Å². The van der Waals surface area contributed by atoms with Gasteiger partial charge >= 0.3 is 0 Å². The smallest absolute Gasteiger partial charge is 0.256 e. The highest BCUT2D eigenvalue weighted by atomic mass is 35.5. The second-order valence-electron chi connectivity index (χ2n) is 4.41. The first-order chi connectivity index (χ1) is 10.0. The van der Waals surface area contributed by atoms with Gasteiger partial charge in [0.2, 0.25) is 0 Å². The number of nitrogen functional groups attached to an aromatic ring is 1. The molecule has 0 fully saturated rings. The monoisotopic (exact) mass is 340 g/mol. The second kappa shape index (κ2) is 6.98. The summed E-state index contributed by atoms with van der Waals surface area (Å²) in [4.78, 5) is 15.3. The molecule has 3 nitrogen and oxygen atoms in total.